The van der Waals surface area contributed by atoms with Crippen LogP contribution in [-0.4, -0.2) is 55.9 Å². The summed E-state index contributed by atoms with van der Waals surface area (Å²) >= 11 is 1.67. The minimum Gasteiger partial charge on any atom is -0.353 e. The number of halogens is 1. The Hall–Kier alpha value is -1.09. The lowest BCUT2D eigenvalue weighted by molar-refractivity contribution is -0.127. The van der Waals surface area contributed by atoms with Gasteiger partial charge in [-0.3, -0.25) is 4.79 Å². The van der Waals surface area contributed by atoms with Crippen molar-refractivity contribution in [1.29, 1.82) is 0 Å². The second-order valence-corrected chi connectivity index (χ2v) is 6.01. The van der Waals surface area contributed by atoms with Gasteiger partial charge in [0, 0.05) is 34.2 Å². The van der Waals surface area contributed by atoms with Gasteiger partial charge >= 0.3 is 0 Å². The van der Waals surface area contributed by atoms with Gasteiger partial charge in [-0.2, -0.15) is 11.3 Å². The van der Waals surface area contributed by atoms with Crippen LogP contribution < -0.4 is 5.32 Å². The summed E-state index contributed by atoms with van der Waals surface area (Å²) in [6.07, 6.45) is 0. The molecule has 1 rings (SSSR count). The highest BCUT2D eigenvalue weighted by Gasteiger charge is 2.09. The first-order valence-corrected chi connectivity index (χ1v) is 7.69. The third-order valence-electron chi connectivity index (χ3n) is 2.77. The lowest BCUT2D eigenvalue weighted by atomic mass is 10.3. The van der Waals surface area contributed by atoms with Gasteiger partial charge in [-0.05, 0) is 29.3 Å². The maximum atomic E-state index is 11.7. The Kier molecular flexibility index (Phi) is 10.1. The zero-order valence-corrected chi connectivity index (χ0v) is 16.8. The highest BCUT2D eigenvalue weighted by Crippen LogP contribution is 2.08. The van der Waals surface area contributed by atoms with E-state index in [1.165, 1.54) is 5.56 Å². The highest BCUT2D eigenvalue weighted by molar-refractivity contribution is 14.0. The molecule has 0 aliphatic rings. The molecule has 0 saturated carbocycles. The number of carbonyl (C=O) groups excluding carboxylic acids is 1. The minimum absolute atomic E-state index is 0. The normalized spacial score (nSPS) is 10.6. The molecule has 0 radical (unpaired) electrons. The number of likely N-dealkylation sites (N-methyl/N-ethyl adjacent to an activating group) is 1. The van der Waals surface area contributed by atoms with Crippen molar-refractivity contribution in [2.45, 2.75) is 13.5 Å². The van der Waals surface area contributed by atoms with Crippen LogP contribution in [0.1, 0.15) is 12.5 Å². The van der Waals surface area contributed by atoms with Crippen LogP contribution in [0.15, 0.2) is 34.0 Å². The molecule has 1 heterocycles. The number of hydrogen-bond donors (Lipinski definition) is 1. The molecule has 0 unspecified atom stereocenters. The quantitative estimate of drug-likeness (QED) is 0.323. The van der Waals surface area contributed by atoms with E-state index in [2.05, 4.69) is 33.7 Å². The Balaban J connectivity index is 0.00000441. The van der Waals surface area contributed by atoms with E-state index in [0.29, 0.717) is 12.5 Å². The van der Waals surface area contributed by atoms with Crippen LogP contribution in [0.4, 0.5) is 0 Å². The predicted molar refractivity (Wildman–Crippen MR) is 105 cm³/mol. The van der Waals surface area contributed by atoms with Crippen molar-refractivity contribution in [3.8, 4) is 0 Å². The Morgan fingerprint density at radius 2 is 2.09 bits per heavy atom. The molecule has 0 spiro atoms. The Morgan fingerprint density at radius 1 is 1.41 bits per heavy atom. The van der Waals surface area contributed by atoms with Crippen molar-refractivity contribution >= 4 is 47.2 Å². The molecule has 0 atom stereocenters. The Labute approximate surface area is 154 Å². The summed E-state index contributed by atoms with van der Waals surface area (Å²) in [7, 11) is 5.42. The fourth-order valence-electron chi connectivity index (χ4n) is 1.56. The number of nitrogens with one attached hydrogen (secondary N) is 1. The Morgan fingerprint density at radius 3 is 2.59 bits per heavy atom. The lowest BCUT2D eigenvalue weighted by Crippen LogP contribution is -2.40. The van der Waals surface area contributed by atoms with E-state index in [0.717, 1.165) is 12.1 Å². The summed E-state index contributed by atoms with van der Waals surface area (Å²) in [5, 5.41) is 7.40. The number of amides is 1. The van der Waals surface area contributed by atoms with Crippen molar-refractivity contribution in [3.05, 3.63) is 34.5 Å². The van der Waals surface area contributed by atoms with Gasteiger partial charge in [0.1, 0.15) is 6.54 Å². The number of thiophene rings is 1. The molecule has 1 aromatic rings. The number of guanidine groups is 1. The molecular formula is C15H25IN4OS. The van der Waals surface area contributed by atoms with E-state index in [-0.39, 0.29) is 36.4 Å². The highest BCUT2D eigenvalue weighted by atomic mass is 127. The van der Waals surface area contributed by atoms with Gasteiger partial charge < -0.3 is 15.1 Å². The maximum absolute atomic E-state index is 11.7. The van der Waals surface area contributed by atoms with Crippen LogP contribution in [0, 0.1) is 0 Å². The van der Waals surface area contributed by atoms with Gasteiger partial charge in [-0.15, -0.1) is 24.0 Å². The molecule has 1 aromatic heterocycles. The SMILES string of the molecule is C=C(C)CNC(=NCC(=O)N(C)C)N(C)Cc1ccsc1.I. The van der Waals surface area contributed by atoms with E-state index >= 15 is 0 Å². The number of hydrogen-bond acceptors (Lipinski definition) is 3. The second-order valence-electron chi connectivity index (χ2n) is 5.23. The van der Waals surface area contributed by atoms with Crippen molar-refractivity contribution in [1.82, 2.24) is 15.1 Å². The minimum atomic E-state index is -0.0199. The molecule has 0 fully saturated rings. The first-order chi connectivity index (χ1) is 9.90. The molecule has 0 aliphatic heterocycles. The number of aliphatic imine (C=N–C) groups is 1. The number of carbonyl (C=O) groups is 1. The van der Waals surface area contributed by atoms with E-state index in [4.69, 9.17) is 0 Å². The van der Waals surface area contributed by atoms with Gasteiger partial charge in [-0.1, -0.05) is 12.2 Å². The molecule has 5 nitrogen and oxygen atoms in total. The van der Waals surface area contributed by atoms with Crippen molar-refractivity contribution in [2.75, 3.05) is 34.2 Å². The number of nitrogens with zero attached hydrogens (tertiary/aromatic N) is 3. The standard InChI is InChI=1S/C15H24N4OS.HI/c1-12(2)8-16-15(17-9-14(20)18(3)4)19(5)10-13-6-7-21-11-13;/h6-7,11H,1,8-10H2,2-5H3,(H,16,17);1H. The summed E-state index contributed by atoms with van der Waals surface area (Å²) in [6.45, 7) is 7.36. The van der Waals surface area contributed by atoms with Gasteiger partial charge in [-0.25, -0.2) is 4.99 Å². The molecule has 22 heavy (non-hydrogen) atoms. The first kappa shape index (κ1) is 20.9. The molecule has 0 aromatic carbocycles. The van der Waals surface area contributed by atoms with Crippen LogP contribution in [0.3, 0.4) is 0 Å². The monoisotopic (exact) mass is 436 g/mol. The topological polar surface area (TPSA) is 47.9 Å². The summed E-state index contributed by atoms with van der Waals surface area (Å²) < 4.78 is 0. The van der Waals surface area contributed by atoms with Crippen molar-refractivity contribution in [2.24, 2.45) is 4.99 Å². The van der Waals surface area contributed by atoms with E-state index < -0.39 is 0 Å². The maximum Gasteiger partial charge on any atom is 0.243 e. The summed E-state index contributed by atoms with van der Waals surface area (Å²) in [4.78, 5) is 19.6. The average molecular weight is 436 g/mol. The van der Waals surface area contributed by atoms with Crippen molar-refractivity contribution < 1.29 is 4.79 Å². The third kappa shape index (κ3) is 7.79. The molecule has 0 saturated heterocycles. The van der Waals surface area contributed by atoms with E-state index in [1.54, 1.807) is 30.3 Å². The van der Waals surface area contributed by atoms with Crippen LogP contribution in [0.2, 0.25) is 0 Å². The summed E-state index contributed by atoms with van der Waals surface area (Å²) in [5.41, 5.74) is 2.25. The smallest absolute Gasteiger partial charge is 0.243 e. The summed E-state index contributed by atoms with van der Waals surface area (Å²) in [6, 6.07) is 2.09. The molecule has 1 amide bonds. The zero-order chi connectivity index (χ0) is 15.8. The molecule has 1 N–H and O–H groups in total. The first-order valence-electron chi connectivity index (χ1n) is 6.75. The third-order valence-corrected chi connectivity index (χ3v) is 3.50. The van der Waals surface area contributed by atoms with Crippen LogP contribution in [-0.2, 0) is 11.3 Å². The zero-order valence-electron chi connectivity index (χ0n) is 13.6. The van der Waals surface area contributed by atoms with Crippen molar-refractivity contribution in [3.63, 3.8) is 0 Å². The molecular weight excluding hydrogens is 411 g/mol. The summed E-state index contributed by atoms with van der Waals surface area (Å²) in [5.74, 6) is 0.688. The largest absolute Gasteiger partial charge is 0.353 e. The predicted octanol–water partition coefficient (Wildman–Crippen LogP) is 2.41. The molecule has 7 heteroatoms. The molecule has 0 aliphatic carbocycles. The van der Waals surface area contributed by atoms with Crippen LogP contribution in [0.25, 0.3) is 0 Å². The van der Waals surface area contributed by atoms with Crippen LogP contribution >= 0.6 is 35.3 Å². The van der Waals surface area contributed by atoms with Gasteiger partial charge in [0.15, 0.2) is 5.96 Å². The lowest BCUT2D eigenvalue weighted by Gasteiger charge is -2.22. The molecule has 124 valence electrons. The Bertz CT molecular complexity index is 500. The van der Waals surface area contributed by atoms with Gasteiger partial charge in [0.2, 0.25) is 5.91 Å². The average Bonchev–Trinajstić information content (AvgIpc) is 2.90. The second kappa shape index (κ2) is 10.6. The van der Waals surface area contributed by atoms with Gasteiger partial charge in [0.25, 0.3) is 0 Å². The van der Waals surface area contributed by atoms with E-state index in [1.807, 2.05) is 18.9 Å². The number of rotatable bonds is 6. The van der Waals surface area contributed by atoms with E-state index in [9.17, 15) is 4.79 Å². The fourth-order valence-corrected chi connectivity index (χ4v) is 2.22. The van der Waals surface area contributed by atoms with Gasteiger partial charge in [0.05, 0.1) is 0 Å². The fraction of sp³-hybridized carbons (Fsp3) is 0.467. The van der Waals surface area contributed by atoms with Crippen LogP contribution in [0.5, 0.6) is 0 Å². The molecule has 0 bridgehead atoms.